The lowest BCUT2D eigenvalue weighted by molar-refractivity contribution is 0.415. The van der Waals surface area contributed by atoms with Gasteiger partial charge in [0.2, 0.25) is 5.13 Å². The van der Waals surface area contributed by atoms with Crippen LogP contribution in [0.2, 0.25) is 0 Å². The van der Waals surface area contributed by atoms with Crippen LogP contribution in [0, 0.1) is 0 Å². The summed E-state index contributed by atoms with van der Waals surface area (Å²) in [5.41, 5.74) is 0.957. The quantitative estimate of drug-likeness (QED) is 0.921. The van der Waals surface area contributed by atoms with Crippen molar-refractivity contribution in [3.8, 4) is 17.1 Å². The van der Waals surface area contributed by atoms with Crippen LogP contribution < -0.4 is 10.1 Å². The third-order valence-electron chi connectivity index (χ3n) is 2.24. The van der Waals surface area contributed by atoms with E-state index >= 15 is 0 Å². The molecule has 96 valence electrons. The fourth-order valence-electron chi connectivity index (χ4n) is 1.47. The molecule has 0 unspecified atom stereocenters. The molecule has 0 saturated carbocycles. The lowest BCUT2D eigenvalue weighted by Crippen LogP contribution is -2.25. The van der Waals surface area contributed by atoms with Crippen molar-refractivity contribution in [3.63, 3.8) is 0 Å². The molecule has 0 aliphatic carbocycles. The molecule has 2 rings (SSSR count). The first-order valence-corrected chi connectivity index (χ1v) is 6.51. The van der Waals surface area contributed by atoms with Gasteiger partial charge in [-0.25, -0.2) is 0 Å². The van der Waals surface area contributed by atoms with E-state index in [0.717, 1.165) is 22.3 Å². The summed E-state index contributed by atoms with van der Waals surface area (Å²) in [6.07, 6.45) is 0. The minimum absolute atomic E-state index is 0.00875. The number of benzene rings is 1. The van der Waals surface area contributed by atoms with Crippen LogP contribution in [-0.2, 0) is 0 Å². The number of rotatable bonds is 3. The highest BCUT2D eigenvalue weighted by atomic mass is 32.1. The molecule has 0 radical (unpaired) electrons. The van der Waals surface area contributed by atoms with Crippen LogP contribution in [0.4, 0.5) is 5.13 Å². The van der Waals surface area contributed by atoms with E-state index in [1.165, 1.54) is 11.5 Å². The van der Waals surface area contributed by atoms with Gasteiger partial charge < -0.3 is 10.1 Å². The van der Waals surface area contributed by atoms with Crippen molar-refractivity contribution in [1.29, 1.82) is 0 Å². The number of ether oxygens (including phenoxy) is 1. The van der Waals surface area contributed by atoms with E-state index in [4.69, 9.17) is 4.74 Å². The number of nitrogens with one attached hydrogen (secondary N) is 1. The first kappa shape index (κ1) is 12.8. The van der Waals surface area contributed by atoms with Crippen LogP contribution in [0.3, 0.4) is 0 Å². The topological polar surface area (TPSA) is 47.0 Å². The molecule has 1 N–H and O–H groups in total. The van der Waals surface area contributed by atoms with Crippen molar-refractivity contribution in [2.24, 2.45) is 0 Å². The second-order valence-electron chi connectivity index (χ2n) is 5.03. The van der Waals surface area contributed by atoms with Gasteiger partial charge in [-0.2, -0.15) is 9.36 Å². The van der Waals surface area contributed by atoms with Gasteiger partial charge in [0, 0.05) is 22.6 Å². The Labute approximate surface area is 111 Å². The summed E-state index contributed by atoms with van der Waals surface area (Å²) in [4.78, 5) is 4.48. The van der Waals surface area contributed by atoms with Gasteiger partial charge in [-0.15, -0.1) is 0 Å². The molecule has 1 aromatic heterocycles. The Balaban J connectivity index is 2.23. The number of nitrogens with zero attached hydrogens (tertiary/aromatic N) is 2. The lowest BCUT2D eigenvalue weighted by Gasteiger charge is -2.18. The summed E-state index contributed by atoms with van der Waals surface area (Å²) in [6.45, 7) is 6.29. The van der Waals surface area contributed by atoms with Crippen molar-refractivity contribution in [1.82, 2.24) is 9.36 Å². The average molecular weight is 263 g/mol. The first-order valence-electron chi connectivity index (χ1n) is 5.74. The Morgan fingerprint density at radius 3 is 2.72 bits per heavy atom. The molecule has 0 atom stereocenters. The number of hydrogen-bond donors (Lipinski definition) is 1. The maximum absolute atomic E-state index is 5.20. The predicted molar refractivity (Wildman–Crippen MR) is 75.3 cm³/mol. The van der Waals surface area contributed by atoms with E-state index in [2.05, 4.69) is 35.4 Å². The van der Waals surface area contributed by atoms with Crippen molar-refractivity contribution < 1.29 is 4.74 Å². The number of hydrogen-bond acceptors (Lipinski definition) is 5. The summed E-state index contributed by atoms with van der Waals surface area (Å²) in [5, 5.41) is 4.15. The Hall–Kier alpha value is -1.62. The van der Waals surface area contributed by atoms with Gasteiger partial charge >= 0.3 is 0 Å². The van der Waals surface area contributed by atoms with Gasteiger partial charge in [-0.3, -0.25) is 0 Å². The summed E-state index contributed by atoms with van der Waals surface area (Å²) in [6, 6.07) is 7.75. The number of methoxy groups -OCH3 is 1. The molecule has 2 aromatic rings. The third kappa shape index (κ3) is 3.20. The minimum atomic E-state index is -0.00875. The Kier molecular flexibility index (Phi) is 3.52. The second kappa shape index (κ2) is 4.94. The maximum Gasteiger partial charge on any atom is 0.203 e. The Morgan fingerprint density at radius 2 is 2.06 bits per heavy atom. The molecule has 4 nitrogen and oxygen atoms in total. The van der Waals surface area contributed by atoms with E-state index in [9.17, 15) is 0 Å². The van der Waals surface area contributed by atoms with E-state index in [1.807, 2.05) is 24.3 Å². The normalized spacial score (nSPS) is 11.3. The largest absolute Gasteiger partial charge is 0.497 e. The second-order valence-corrected chi connectivity index (χ2v) is 5.78. The summed E-state index contributed by atoms with van der Waals surface area (Å²) >= 11 is 1.37. The molecule has 0 aliphatic heterocycles. The molecular formula is C13H17N3OS. The van der Waals surface area contributed by atoms with E-state index in [-0.39, 0.29) is 5.54 Å². The molecule has 1 aromatic carbocycles. The highest BCUT2D eigenvalue weighted by Gasteiger charge is 2.13. The number of anilines is 1. The van der Waals surface area contributed by atoms with Crippen molar-refractivity contribution >= 4 is 16.7 Å². The molecule has 18 heavy (non-hydrogen) atoms. The first-order chi connectivity index (χ1) is 8.48. The molecule has 0 spiro atoms. The van der Waals surface area contributed by atoms with Crippen LogP contribution in [0.15, 0.2) is 24.3 Å². The van der Waals surface area contributed by atoms with Crippen molar-refractivity contribution in [3.05, 3.63) is 24.3 Å². The predicted octanol–water partition coefficient (Wildman–Crippen LogP) is 3.42. The highest BCUT2D eigenvalue weighted by Crippen LogP contribution is 2.25. The van der Waals surface area contributed by atoms with E-state index < -0.39 is 0 Å². The SMILES string of the molecule is COc1cccc(-c2nsc(NC(C)(C)C)n2)c1. The summed E-state index contributed by atoms with van der Waals surface area (Å²) in [5.74, 6) is 1.54. The Morgan fingerprint density at radius 1 is 1.28 bits per heavy atom. The molecule has 0 amide bonds. The standard InChI is InChI=1S/C13H17N3OS/c1-13(2,3)15-12-14-11(16-18-12)9-6-5-7-10(8-9)17-4/h5-8H,1-4H3,(H,14,15,16). The van der Waals surface area contributed by atoms with Gasteiger partial charge in [-0.1, -0.05) is 12.1 Å². The third-order valence-corrected chi connectivity index (χ3v) is 2.87. The molecule has 0 fully saturated rings. The minimum Gasteiger partial charge on any atom is -0.497 e. The van der Waals surface area contributed by atoms with Crippen molar-refractivity contribution in [2.75, 3.05) is 12.4 Å². The van der Waals surface area contributed by atoms with Crippen LogP contribution >= 0.6 is 11.5 Å². The maximum atomic E-state index is 5.20. The van der Waals surface area contributed by atoms with Crippen molar-refractivity contribution in [2.45, 2.75) is 26.3 Å². The highest BCUT2D eigenvalue weighted by molar-refractivity contribution is 7.09. The molecular weight excluding hydrogens is 246 g/mol. The molecule has 0 bridgehead atoms. The molecule has 0 aliphatic rings. The Bertz CT molecular complexity index is 531. The zero-order chi connectivity index (χ0) is 13.2. The summed E-state index contributed by atoms with van der Waals surface area (Å²) < 4.78 is 9.55. The van der Waals surface area contributed by atoms with Crippen LogP contribution in [0.5, 0.6) is 5.75 Å². The lowest BCUT2D eigenvalue weighted by atomic mass is 10.1. The molecule has 0 saturated heterocycles. The zero-order valence-corrected chi connectivity index (χ0v) is 11.8. The van der Waals surface area contributed by atoms with Gasteiger partial charge in [0.25, 0.3) is 0 Å². The van der Waals surface area contributed by atoms with Crippen LogP contribution in [0.25, 0.3) is 11.4 Å². The van der Waals surface area contributed by atoms with Gasteiger partial charge in [-0.05, 0) is 32.9 Å². The zero-order valence-electron chi connectivity index (χ0n) is 11.0. The molecule has 1 heterocycles. The number of aromatic nitrogens is 2. The van der Waals surface area contributed by atoms with E-state index in [0.29, 0.717) is 0 Å². The monoisotopic (exact) mass is 263 g/mol. The van der Waals surface area contributed by atoms with Gasteiger partial charge in [0.05, 0.1) is 7.11 Å². The van der Waals surface area contributed by atoms with Crippen LogP contribution in [0.1, 0.15) is 20.8 Å². The fourth-order valence-corrected chi connectivity index (χ4v) is 2.27. The fraction of sp³-hybridized carbons (Fsp3) is 0.385. The average Bonchev–Trinajstić information content (AvgIpc) is 2.75. The van der Waals surface area contributed by atoms with E-state index in [1.54, 1.807) is 7.11 Å². The van der Waals surface area contributed by atoms with Gasteiger partial charge in [0.15, 0.2) is 5.82 Å². The van der Waals surface area contributed by atoms with Crippen LogP contribution in [-0.4, -0.2) is 22.0 Å². The smallest absolute Gasteiger partial charge is 0.203 e. The summed E-state index contributed by atoms with van der Waals surface area (Å²) in [7, 11) is 1.65. The molecule has 5 heteroatoms. The van der Waals surface area contributed by atoms with Gasteiger partial charge in [0.1, 0.15) is 5.75 Å².